The van der Waals surface area contributed by atoms with E-state index >= 15 is 24.0 Å². The first-order valence-corrected chi connectivity index (χ1v) is 34.7. The molecule has 92 heavy (non-hydrogen) atoms. The van der Waals surface area contributed by atoms with Crippen LogP contribution >= 0.6 is 11.6 Å². The van der Waals surface area contributed by atoms with E-state index in [9.17, 15) is 41.9 Å². The van der Waals surface area contributed by atoms with Gasteiger partial charge in [-0.1, -0.05) is 79.1 Å². The van der Waals surface area contributed by atoms with Gasteiger partial charge in [0.1, 0.15) is 53.9 Å². The van der Waals surface area contributed by atoms with E-state index in [2.05, 4.69) is 21.3 Å². The van der Waals surface area contributed by atoms with Crippen molar-refractivity contribution in [2.24, 2.45) is 29.6 Å². The maximum absolute atomic E-state index is 15.5. The summed E-state index contributed by atoms with van der Waals surface area (Å²) in [5.41, 5.74) is -1.47. The lowest BCUT2D eigenvalue weighted by Crippen LogP contribution is -2.64. The Balaban J connectivity index is 1.24. The molecule has 1 spiro atoms. The summed E-state index contributed by atoms with van der Waals surface area (Å²) in [6, 6.07) is -9.60. The highest BCUT2D eigenvalue weighted by Crippen LogP contribution is 2.44. The number of carbonyl (C=O) groups is 11. The van der Waals surface area contributed by atoms with Gasteiger partial charge in [-0.3, -0.25) is 52.7 Å². The van der Waals surface area contributed by atoms with Crippen LogP contribution in [-0.2, 0) is 52.7 Å². The topological polar surface area (TPSA) is 259 Å². The zero-order valence-electron chi connectivity index (χ0n) is 56.1. The van der Waals surface area contributed by atoms with Gasteiger partial charge in [0, 0.05) is 65.7 Å². The monoisotopic (exact) mass is 1320 g/mol. The zero-order chi connectivity index (χ0) is 67.7. The van der Waals surface area contributed by atoms with Gasteiger partial charge in [-0.15, -0.1) is 11.6 Å². The molecule has 22 nitrogen and oxygen atoms in total. The minimum atomic E-state index is -4.49. The van der Waals surface area contributed by atoms with Crippen molar-refractivity contribution in [3.8, 4) is 0 Å². The quantitative estimate of drug-likeness (QED) is 0.216. The Morgan fingerprint density at radius 3 is 1.80 bits per heavy atom. The van der Waals surface area contributed by atoms with Crippen LogP contribution in [-0.4, -0.2) is 225 Å². The average Bonchev–Trinajstić information content (AvgIpc) is 1.48. The van der Waals surface area contributed by atoms with Gasteiger partial charge in [-0.2, -0.15) is 13.2 Å². The molecule has 7 rings (SSSR count). The fraction of sp³-hybridized carbons (Fsp3) is 0.833. The fourth-order valence-electron chi connectivity index (χ4n) is 15.6. The maximum Gasteiger partial charge on any atom is 0.393 e. The number of nitrogens with zero attached hydrogens (tertiary/aromatic N) is 7. The van der Waals surface area contributed by atoms with E-state index < -0.39 is 161 Å². The van der Waals surface area contributed by atoms with E-state index in [0.29, 0.717) is 51.4 Å². The summed E-state index contributed by atoms with van der Waals surface area (Å²) >= 11 is 6.42. The van der Waals surface area contributed by atoms with Gasteiger partial charge < -0.3 is 55.6 Å². The van der Waals surface area contributed by atoms with E-state index in [0.717, 1.165) is 32.1 Å². The van der Waals surface area contributed by atoms with Crippen LogP contribution in [0, 0.1) is 29.6 Å². The van der Waals surface area contributed by atoms with Crippen molar-refractivity contribution in [1.82, 2.24) is 55.6 Å². The molecule has 4 N–H and O–H groups in total. The molecule has 4 saturated heterocycles. The molecule has 7 fully saturated rings. The Labute approximate surface area is 547 Å². The number of carbonyl (C=O) groups excluding carboxylic acids is 11. The largest absolute Gasteiger partial charge is 0.393 e. The van der Waals surface area contributed by atoms with Gasteiger partial charge in [0.15, 0.2) is 0 Å². The van der Waals surface area contributed by atoms with Crippen molar-refractivity contribution >= 4 is 76.6 Å². The lowest BCUT2D eigenvalue weighted by molar-refractivity contribution is -0.182. The van der Waals surface area contributed by atoms with Crippen LogP contribution in [0.15, 0.2) is 0 Å². The second kappa shape index (κ2) is 32.1. The predicted octanol–water partition coefficient (Wildman–Crippen LogP) is 5.65. The standard InChI is InChI=1S/C66H105ClF3N11O11/c1-11-40(4)54-63(91)75(7)38-53(83)79-33-20-25-50(79)61(89)77(9)51(37-43-21-13-12-14-22-43)62(90)81-32-18-15-23-48(81)57(85)72-47(29-27-44-26-28-45(46(67)36-44)66(68,69)70)60(88)80-34-19-24-49(80)58(86)74-65(30-16-17-31-65)64(92)78(10)55(39(2)3)59(87)71-41(5)35-52(82)76(8)42(6)56(84)73-54/h39-51,54-55H,11-38H2,1-10H3,(H,71,87)(H,72,85)(H,73,84)(H,74,86)/t40-,41+,42-,44?,45?,46?,47-,48+,49-,50-,51-,54-,55-/m0/s1. The summed E-state index contributed by atoms with van der Waals surface area (Å²) in [5.74, 6) is -8.93. The summed E-state index contributed by atoms with van der Waals surface area (Å²) in [5, 5.41) is 10.6. The molecule has 0 radical (unpaired) electrons. The summed E-state index contributed by atoms with van der Waals surface area (Å²) in [6.07, 6.45) is 5.00. The normalized spacial score (nSPS) is 32.3. The summed E-state index contributed by atoms with van der Waals surface area (Å²) in [6.45, 7) is 10.3. The van der Waals surface area contributed by atoms with Crippen LogP contribution in [0.25, 0.3) is 0 Å². The van der Waals surface area contributed by atoms with Crippen molar-refractivity contribution in [3.63, 3.8) is 0 Å². The first-order valence-electron chi connectivity index (χ1n) is 34.3. The van der Waals surface area contributed by atoms with Crippen molar-refractivity contribution in [2.45, 2.75) is 267 Å². The lowest BCUT2D eigenvalue weighted by atomic mass is 9.78. The lowest BCUT2D eigenvalue weighted by Gasteiger charge is -2.41. The Morgan fingerprint density at radius 1 is 0.576 bits per heavy atom. The molecule has 3 aliphatic carbocycles. The molecular weight excluding hydrogens is 1220 g/mol. The number of likely N-dealkylation sites (N-methyl/N-ethyl adjacent to an activating group) is 4. The number of rotatable bonds is 8. The highest BCUT2D eigenvalue weighted by atomic mass is 35.5. The number of piperidine rings is 1. The molecule has 4 heterocycles. The fourth-order valence-corrected chi connectivity index (χ4v) is 16.1. The van der Waals surface area contributed by atoms with E-state index in [4.69, 9.17) is 11.6 Å². The Bertz CT molecular complexity index is 2680. The van der Waals surface area contributed by atoms with Crippen molar-refractivity contribution in [2.75, 3.05) is 54.4 Å². The Morgan fingerprint density at radius 2 is 1.17 bits per heavy atom. The number of nitrogens with one attached hydrogen (secondary N) is 4. The van der Waals surface area contributed by atoms with Crippen LogP contribution < -0.4 is 21.3 Å². The summed E-state index contributed by atoms with van der Waals surface area (Å²) in [7, 11) is 5.93. The van der Waals surface area contributed by atoms with Gasteiger partial charge in [-0.25, -0.2) is 0 Å². The summed E-state index contributed by atoms with van der Waals surface area (Å²) < 4.78 is 42.0. The molecule has 3 saturated carbocycles. The molecule has 11 amide bonds. The Kier molecular flexibility index (Phi) is 25.7. The third-order valence-corrected chi connectivity index (χ3v) is 22.0. The average molecular weight is 1320 g/mol. The SMILES string of the molecule is CC[C@H](C)[C@@H]1NC(=O)[C@H](C)N(C)C(=O)C[C@@H](C)NC(=O)[C@H](C(C)C)N(C)C(=O)C2(CCCC2)NC(=O)[C@@H]2CCCN2C(=O)[C@H](CCC2CCC(C(F)(F)F)C(Cl)C2)NC(=O)[C@H]2CCCCN2C(=O)[C@H](CC2CCCCC2)N(C)C(=O)[C@@H]2CCCN2C(=O)CN(C)C1=O. The number of halogens is 4. The van der Waals surface area contributed by atoms with E-state index in [1.807, 2.05) is 6.92 Å². The van der Waals surface area contributed by atoms with Crippen molar-refractivity contribution < 1.29 is 65.9 Å². The van der Waals surface area contributed by atoms with Gasteiger partial charge in [0.05, 0.1) is 12.5 Å². The number of amides is 11. The minimum Gasteiger partial charge on any atom is -0.351 e. The first-order chi connectivity index (χ1) is 43.4. The van der Waals surface area contributed by atoms with Crippen LogP contribution in [0.2, 0.25) is 0 Å². The molecule has 13 atom stereocenters. The minimum absolute atomic E-state index is 0.0212. The number of alkyl halides is 4. The van der Waals surface area contributed by atoms with Crippen molar-refractivity contribution in [1.29, 1.82) is 0 Å². The molecule has 4 aliphatic heterocycles. The van der Waals surface area contributed by atoms with Gasteiger partial charge in [-0.05, 0) is 134 Å². The number of hydrogen-bond acceptors (Lipinski definition) is 11. The van der Waals surface area contributed by atoms with E-state index in [1.165, 1.54) is 62.4 Å². The van der Waals surface area contributed by atoms with Crippen LogP contribution in [0.3, 0.4) is 0 Å². The molecular formula is C66H105ClF3N11O11. The highest BCUT2D eigenvalue weighted by molar-refractivity contribution is 6.20. The van der Waals surface area contributed by atoms with Gasteiger partial charge in [0.2, 0.25) is 65.0 Å². The van der Waals surface area contributed by atoms with E-state index in [1.54, 1.807) is 34.7 Å². The molecule has 3 unspecified atom stereocenters. The highest BCUT2D eigenvalue weighted by Gasteiger charge is 2.51. The third kappa shape index (κ3) is 17.4. The molecule has 26 heteroatoms. The van der Waals surface area contributed by atoms with Crippen LogP contribution in [0.1, 0.15) is 196 Å². The zero-order valence-corrected chi connectivity index (χ0v) is 56.8. The molecule has 0 aromatic rings. The Hall–Kier alpha value is -5.75. The summed E-state index contributed by atoms with van der Waals surface area (Å²) in [4.78, 5) is 172. The predicted molar refractivity (Wildman–Crippen MR) is 338 cm³/mol. The molecule has 0 aromatic carbocycles. The van der Waals surface area contributed by atoms with E-state index in [-0.39, 0.29) is 102 Å². The van der Waals surface area contributed by atoms with Crippen LogP contribution in [0.5, 0.6) is 0 Å². The van der Waals surface area contributed by atoms with Gasteiger partial charge >= 0.3 is 6.18 Å². The second-order valence-corrected chi connectivity index (χ2v) is 29.0. The van der Waals surface area contributed by atoms with Crippen LogP contribution in [0.4, 0.5) is 13.2 Å². The molecule has 518 valence electrons. The number of hydrogen-bond donors (Lipinski definition) is 4. The maximum atomic E-state index is 15.5. The smallest absolute Gasteiger partial charge is 0.351 e. The molecule has 0 bridgehead atoms. The third-order valence-electron chi connectivity index (χ3n) is 21.6. The van der Waals surface area contributed by atoms with Crippen molar-refractivity contribution in [3.05, 3.63) is 0 Å². The second-order valence-electron chi connectivity index (χ2n) is 28.4. The molecule has 0 aromatic heterocycles. The molecule has 7 aliphatic rings. The number of fused-ring (bicyclic) bond motifs is 3. The van der Waals surface area contributed by atoms with Gasteiger partial charge in [0.25, 0.3) is 0 Å². The first kappa shape index (κ1) is 73.7.